The smallest absolute Gasteiger partial charge is 0.395 e. The molecule has 0 aliphatic heterocycles. The average molecular weight is 290 g/mol. The molecule has 2 aromatic rings. The normalized spacial score (nSPS) is 12.6. The van der Waals surface area contributed by atoms with Crippen LogP contribution < -0.4 is 5.82 Å². The molecule has 0 spiro atoms. The molecule has 0 atom stereocenters. The van der Waals surface area contributed by atoms with E-state index in [1.807, 2.05) is 32.0 Å². The van der Waals surface area contributed by atoms with Gasteiger partial charge in [-0.15, -0.1) is 0 Å². The highest BCUT2D eigenvalue weighted by molar-refractivity contribution is 5.33. The number of ether oxygens (including phenoxy) is 1. The van der Waals surface area contributed by atoms with Crippen LogP contribution in [0.15, 0.2) is 44.0 Å². The highest BCUT2D eigenvalue weighted by Gasteiger charge is 2.44. The highest BCUT2D eigenvalue weighted by atomic mass is 16.6. The minimum atomic E-state index is -0.686. The lowest BCUT2D eigenvalue weighted by Crippen LogP contribution is -2.40. The van der Waals surface area contributed by atoms with Gasteiger partial charge < -0.3 is 13.6 Å². The Morgan fingerprint density at radius 2 is 1.62 bits per heavy atom. The fourth-order valence-electron chi connectivity index (χ4n) is 2.51. The third-order valence-electron chi connectivity index (χ3n) is 4.55. The fourth-order valence-corrected chi connectivity index (χ4v) is 2.51. The molecule has 0 fully saturated rings. The summed E-state index contributed by atoms with van der Waals surface area (Å²) in [5.41, 5.74) is 0.479. The average Bonchev–Trinajstić information content (AvgIpc) is 2.81. The molecule has 1 aromatic heterocycles. The Balaban J connectivity index is 2.53. The van der Waals surface area contributed by atoms with E-state index < -0.39 is 11.2 Å². The summed E-state index contributed by atoms with van der Waals surface area (Å²) in [6, 6.07) is 10.2. The van der Waals surface area contributed by atoms with E-state index >= 15 is 0 Å². The van der Waals surface area contributed by atoms with Gasteiger partial charge in [-0.3, -0.25) is 0 Å². The Hall–Kier alpha value is -1.81. The monoisotopic (exact) mass is 290 g/mol. The van der Waals surface area contributed by atoms with Crippen LogP contribution in [-0.2, 0) is 22.2 Å². The van der Waals surface area contributed by atoms with Crippen molar-refractivity contribution in [2.75, 3.05) is 7.11 Å². The molecule has 4 heteroatoms. The Morgan fingerprint density at radius 1 is 1.00 bits per heavy atom. The van der Waals surface area contributed by atoms with Gasteiger partial charge in [0.05, 0.1) is 0 Å². The molecular formula is C17H22O4. The molecule has 0 saturated carbocycles. The maximum Gasteiger partial charge on any atom is 0.519 e. The van der Waals surface area contributed by atoms with Crippen LogP contribution in [0.4, 0.5) is 0 Å². The molecule has 0 aliphatic rings. The maximum atomic E-state index is 11.5. The van der Waals surface area contributed by atoms with Crippen LogP contribution in [0, 0.1) is 0 Å². The molecule has 1 heterocycles. The van der Waals surface area contributed by atoms with Gasteiger partial charge in [-0.25, -0.2) is 4.79 Å². The first-order chi connectivity index (χ1) is 9.80. The van der Waals surface area contributed by atoms with Crippen LogP contribution in [0.2, 0.25) is 0 Å². The Labute approximate surface area is 124 Å². The predicted molar refractivity (Wildman–Crippen MR) is 80.5 cm³/mol. The zero-order valence-electron chi connectivity index (χ0n) is 13.2. The number of hydrogen-bond donors (Lipinski definition) is 0. The molecule has 0 unspecified atom stereocenters. The van der Waals surface area contributed by atoms with Crippen LogP contribution in [0.25, 0.3) is 0 Å². The van der Waals surface area contributed by atoms with E-state index in [1.165, 1.54) is 5.56 Å². The van der Waals surface area contributed by atoms with Crippen molar-refractivity contribution in [1.29, 1.82) is 0 Å². The number of benzene rings is 1. The standard InChI is InChI=1S/C17H22O4/c1-16(2,12-9-7-6-8-10-12)17(3,4)14-13(11-19-5)20-15(18)21-14/h6-10H,11H2,1-5H3. The molecule has 2 rings (SSSR count). The van der Waals surface area contributed by atoms with Gasteiger partial charge in [0.25, 0.3) is 0 Å². The summed E-state index contributed by atoms with van der Waals surface area (Å²) < 4.78 is 15.6. The quantitative estimate of drug-likeness (QED) is 0.843. The number of hydrogen-bond acceptors (Lipinski definition) is 4. The van der Waals surface area contributed by atoms with Gasteiger partial charge in [0.2, 0.25) is 0 Å². The topological polar surface area (TPSA) is 52.6 Å². The van der Waals surface area contributed by atoms with Gasteiger partial charge in [-0.05, 0) is 5.56 Å². The van der Waals surface area contributed by atoms with E-state index in [1.54, 1.807) is 7.11 Å². The Kier molecular flexibility index (Phi) is 4.10. The molecular weight excluding hydrogens is 268 g/mol. The van der Waals surface area contributed by atoms with Gasteiger partial charge in [0, 0.05) is 17.9 Å². The molecule has 0 bridgehead atoms. The van der Waals surface area contributed by atoms with E-state index in [2.05, 4.69) is 26.0 Å². The SMILES string of the molecule is COCc1oc(=O)oc1C(C)(C)C(C)(C)c1ccccc1. The summed E-state index contributed by atoms with van der Waals surface area (Å²) in [6.07, 6.45) is 0. The zero-order chi connectivity index (χ0) is 15.7. The molecule has 0 radical (unpaired) electrons. The van der Waals surface area contributed by atoms with Crippen molar-refractivity contribution >= 4 is 0 Å². The third-order valence-corrected chi connectivity index (χ3v) is 4.55. The van der Waals surface area contributed by atoms with Gasteiger partial charge in [-0.2, -0.15) is 0 Å². The Bertz CT molecular complexity index is 647. The molecule has 4 nitrogen and oxygen atoms in total. The van der Waals surface area contributed by atoms with Crippen LogP contribution >= 0.6 is 0 Å². The second kappa shape index (κ2) is 5.53. The molecule has 0 saturated heterocycles. The van der Waals surface area contributed by atoms with Crippen LogP contribution in [0.3, 0.4) is 0 Å². The summed E-state index contributed by atoms with van der Waals surface area (Å²) in [5, 5.41) is 0. The molecule has 0 aliphatic carbocycles. The molecule has 114 valence electrons. The second-order valence-corrected chi connectivity index (χ2v) is 6.26. The minimum Gasteiger partial charge on any atom is -0.395 e. The second-order valence-electron chi connectivity index (χ2n) is 6.26. The number of rotatable bonds is 5. The zero-order valence-corrected chi connectivity index (χ0v) is 13.2. The first-order valence-electron chi connectivity index (χ1n) is 6.98. The number of methoxy groups -OCH3 is 1. The van der Waals surface area contributed by atoms with Crippen molar-refractivity contribution in [2.24, 2.45) is 0 Å². The van der Waals surface area contributed by atoms with E-state index in [0.29, 0.717) is 11.5 Å². The summed E-state index contributed by atoms with van der Waals surface area (Å²) in [6.45, 7) is 8.58. The fraction of sp³-hybridized carbons (Fsp3) is 0.471. The van der Waals surface area contributed by atoms with Crippen LogP contribution in [0.1, 0.15) is 44.8 Å². The van der Waals surface area contributed by atoms with Gasteiger partial charge in [0.15, 0.2) is 11.5 Å². The van der Waals surface area contributed by atoms with E-state index in [4.69, 9.17) is 13.6 Å². The van der Waals surface area contributed by atoms with Gasteiger partial charge in [-0.1, -0.05) is 58.0 Å². The van der Waals surface area contributed by atoms with E-state index in [-0.39, 0.29) is 12.0 Å². The van der Waals surface area contributed by atoms with Crippen molar-refractivity contribution in [3.05, 3.63) is 58.0 Å². The van der Waals surface area contributed by atoms with Crippen molar-refractivity contribution < 1.29 is 13.6 Å². The predicted octanol–water partition coefficient (Wildman–Crippen LogP) is 3.63. The first kappa shape index (κ1) is 15.6. The largest absolute Gasteiger partial charge is 0.519 e. The molecule has 0 amide bonds. The van der Waals surface area contributed by atoms with Crippen molar-refractivity contribution in [3.8, 4) is 0 Å². The summed E-state index contributed by atoms with van der Waals surface area (Å²) in [7, 11) is 1.56. The van der Waals surface area contributed by atoms with Gasteiger partial charge >= 0.3 is 5.82 Å². The minimum absolute atomic E-state index is 0.218. The van der Waals surface area contributed by atoms with Crippen LogP contribution in [0.5, 0.6) is 0 Å². The van der Waals surface area contributed by atoms with Crippen molar-refractivity contribution in [1.82, 2.24) is 0 Å². The lowest BCUT2D eigenvalue weighted by molar-refractivity contribution is 0.157. The molecule has 1 aromatic carbocycles. The van der Waals surface area contributed by atoms with Crippen molar-refractivity contribution in [3.63, 3.8) is 0 Å². The summed E-state index contributed by atoms with van der Waals surface area (Å²) >= 11 is 0. The van der Waals surface area contributed by atoms with Crippen molar-refractivity contribution in [2.45, 2.75) is 45.1 Å². The van der Waals surface area contributed by atoms with E-state index in [0.717, 1.165) is 0 Å². The Morgan fingerprint density at radius 3 is 2.19 bits per heavy atom. The van der Waals surface area contributed by atoms with E-state index in [9.17, 15) is 4.79 Å². The maximum absolute atomic E-state index is 11.5. The van der Waals surface area contributed by atoms with Crippen LogP contribution in [-0.4, -0.2) is 7.11 Å². The lowest BCUT2D eigenvalue weighted by atomic mass is 9.62. The lowest BCUT2D eigenvalue weighted by Gasteiger charge is -2.40. The molecule has 21 heavy (non-hydrogen) atoms. The summed E-state index contributed by atoms with van der Waals surface area (Å²) in [4.78, 5) is 11.5. The highest BCUT2D eigenvalue weighted by Crippen LogP contribution is 2.44. The summed E-state index contributed by atoms with van der Waals surface area (Å²) in [5.74, 6) is 0.314. The molecule has 0 N–H and O–H groups in total. The first-order valence-corrected chi connectivity index (χ1v) is 6.98. The van der Waals surface area contributed by atoms with Gasteiger partial charge in [0.1, 0.15) is 6.61 Å². The third kappa shape index (κ3) is 2.68.